The van der Waals surface area contributed by atoms with Gasteiger partial charge < -0.3 is 10.4 Å². The predicted molar refractivity (Wildman–Crippen MR) is 70.9 cm³/mol. The van der Waals surface area contributed by atoms with Gasteiger partial charge in [0.2, 0.25) is 0 Å². The number of nitrogens with one attached hydrogen (secondary N) is 1. The average Bonchev–Trinajstić information content (AvgIpc) is 2.89. The van der Waals surface area contributed by atoms with Crippen molar-refractivity contribution in [2.24, 2.45) is 0 Å². The molecular weight excluding hydrogens is 244 g/mol. The quantitative estimate of drug-likeness (QED) is 0.833. The Hall–Kier alpha value is -1.88. The smallest absolute Gasteiger partial charge is 0.322 e. The van der Waals surface area contributed by atoms with E-state index >= 15 is 0 Å². The maximum atomic E-state index is 11.6. The maximum Gasteiger partial charge on any atom is 0.322 e. The van der Waals surface area contributed by atoms with Crippen LogP contribution in [-0.2, 0) is 11.3 Å². The minimum atomic E-state index is -1.04. The van der Waals surface area contributed by atoms with Crippen LogP contribution < -0.4 is 5.32 Å². The number of rotatable bonds is 5. The number of carbonyl (C=O) groups is 2. The third-order valence-electron chi connectivity index (χ3n) is 3.22. The molecule has 19 heavy (non-hydrogen) atoms. The highest BCUT2D eigenvalue weighted by Gasteiger charge is 2.12. The van der Waals surface area contributed by atoms with Gasteiger partial charge in [0, 0.05) is 12.1 Å². The molecule has 0 aromatic heterocycles. The largest absolute Gasteiger partial charge is 0.480 e. The highest BCUT2D eigenvalue weighted by atomic mass is 16.4. The number of amides is 1. The Morgan fingerprint density at radius 1 is 1.16 bits per heavy atom. The lowest BCUT2D eigenvalue weighted by Crippen LogP contribution is -2.29. The fraction of sp³-hybridized carbons (Fsp3) is 0.429. The van der Waals surface area contributed by atoms with Crippen molar-refractivity contribution in [1.29, 1.82) is 0 Å². The molecule has 1 heterocycles. The number of hydrogen-bond acceptors (Lipinski definition) is 3. The summed E-state index contributed by atoms with van der Waals surface area (Å²) in [6, 6.07) is 7.33. The Morgan fingerprint density at radius 3 is 2.37 bits per heavy atom. The monoisotopic (exact) mass is 262 g/mol. The van der Waals surface area contributed by atoms with Gasteiger partial charge in [-0.15, -0.1) is 0 Å². The molecule has 5 nitrogen and oxygen atoms in total. The van der Waals surface area contributed by atoms with E-state index in [1.165, 1.54) is 18.4 Å². The SMILES string of the molecule is O=C(O)CNC(=O)c1ccc(CN2CCCC2)cc1. The number of aliphatic carboxylic acids is 1. The summed E-state index contributed by atoms with van der Waals surface area (Å²) in [5.41, 5.74) is 1.67. The van der Waals surface area contributed by atoms with E-state index in [4.69, 9.17) is 5.11 Å². The van der Waals surface area contributed by atoms with Crippen LogP contribution in [0.15, 0.2) is 24.3 Å². The molecule has 0 radical (unpaired) electrons. The van der Waals surface area contributed by atoms with Crippen LogP contribution >= 0.6 is 0 Å². The minimum absolute atomic E-state index is 0.352. The second kappa shape index (κ2) is 6.33. The second-order valence-electron chi connectivity index (χ2n) is 4.76. The van der Waals surface area contributed by atoms with Gasteiger partial charge in [0.05, 0.1) is 0 Å². The molecule has 0 bridgehead atoms. The lowest BCUT2D eigenvalue weighted by Gasteiger charge is -2.14. The van der Waals surface area contributed by atoms with Crippen LogP contribution in [0, 0.1) is 0 Å². The van der Waals surface area contributed by atoms with Crippen LogP contribution in [0.1, 0.15) is 28.8 Å². The van der Waals surface area contributed by atoms with Crippen LogP contribution in [-0.4, -0.2) is 41.5 Å². The summed E-state index contributed by atoms with van der Waals surface area (Å²) in [5, 5.41) is 10.8. The van der Waals surface area contributed by atoms with E-state index in [-0.39, 0.29) is 12.5 Å². The number of carbonyl (C=O) groups excluding carboxylic acids is 1. The van der Waals surface area contributed by atoms with Crippen molar-refractivity contribution in [3.05, 3.63) is 35.4 Å². The summed E-state index contributed by atoms with van der Waals surface area (Å²) in [4.78, 5) is 24.4. The molecule has 2 rings (SSSR count). The van der Waals surface area contributed by atoms with Gasteiger partial charge in [-0.2, -0.15) is 0 Å². The van der Waals surface area contributed by atoms with Crippen molar-refractivity contribution < 1.29 is 14.7 Å². The molecule has 0 unspecified atom stereocenters. The zero-order valence-corrected chi connectivity index (χ0v) is 10.8. The molecule has 0 atom stereocenters. The minimum Gasteiger partial charge on any atom is -0.480 e. The molecule has 0 saturated carbocycles. The standard InChI is InChI=1S/C14H18N2O3/c17-13(18)9-15-14(19)12-5-3-11(4-6-12)10-16-7-1-2-8-16/h3-6H,1-2,7-10H2,(H,15,19)(H,17,18). The zero-order chi connectivity index (χ0) is 13.7. The Bertz CT molecular complexity index is 450. The molecule has 1 saturated heterocycles. The fourth-order valence-electron chi connectivity index (χ4n) is 2.22. The van der Waals surface area contributed by atoms with Crippen LogP contribution in [0.5, 0.6) is 0 Å². The molecule has 0 aliphatic carbocycles. The van der Waals surface area contributed by atoms with Gasteiger partial charge in [0.1, 0.15) is 6.54 Å². The first kappa shape index (κ1) is 13.5. The van der Waals surface area contributed by atoms with E-state index in [2.05, 4.69) is 10.2 Å². The van der Waals surface area contributed by atoms with E-state index in [9.17, 15) is 9.59 Å². The van der Waals surface area contributed by atoms with Gasteiger partial charge in [-0.25, -0.2) is 0 Å². The molecule has 1 amide bonds. The normalized spacial score (nSPS) is 15.4. The number of carboxylic acid groups (broad SMARTS) is 1. The van der Waals surface area contributed by atoms with Gasteiger partial charge in [0.25, 0.3) is 5.91 Å². The van der Waals surface area contributed by atoms with Crippen LogP contribution in [0.4, 0.5) is 0 Å². The van der Waals surface area contributed by atoms with Crippen LogP contribution in [0.25, 0.3) is 0 Å². The molecule has 102 valence electrons. The molecule has 1 fully saturated rings. The molecule has 1 aliphatic rings. The topological polar surface area (TPSA) is 69.6 Å². The first-order valence-electron chi connectivity index (χ1n) is 6.46. The Labute approximate surface area is 112 Å². The van der Waals surface area contributed by atoms with E-state index in [0.29, 0.717) is 5.56 Å². The van der Waals surface area contributed by atoms with Gasteiger partial charge in [-0.05, 0) is 43.6 Å². The number of benzene rings is 1. The Balaban J connectivity index is 1.89. The van der Waals surface area contributed by atoms with Crippen molar-refractivity contribution in [3.8, 4) is 0 Å². The number of nitrogens with zero attached hydrogens (tertiary/aromatic N) is 1. The third kappa shape index (κ3) is 4.06. The number of carboxylic acids is 1. The summed E-state index contributed by atoms with van der Waals surface area (Å²) in [7, 11) is 0. The first-order valence-corrected chi connectivity index (χ1v) is 6.46. The summed E-state index contributed by atoms with van der Waals surface area (Å²) in [6.07, 6.45) is 2.52. The van der Waals surface area contributed by atoms with Crippen molar-refractivity contribution in [2.75, 3.05) is 19.6 Å². The van der Waals surface area contributed by atoms with Crippen molar-refractivity contribution in [2.45, 2.75) is 19.4 Å². The van der Waals surface area contributed by atoms with Crippen LogP contribution in [0.2, 0.25) is 0 Å². The molecule has 0 spiro atoms. The van der Waals surface area contributed by atoms with E-state index in [1.54, 1.807) is 12.1 Å². The summed E-state index contributed by atoms with van der Waals surface area (Å²) in [5.74, 6) is -1.39. The maximum absolute atomic E-state index is 11.6. The molecule has 2 N–H and O–H groups in total. The molecule has 1 aromatic carbocycles. The van der Waals surface area contributed by atoms with Crippen molar-refractivity contribution in [3.63, 3.8) is 0 Å². The van der Waals surface area contributed by atoms with Crippen molar-refractivity contribution in [1.82, 2.24) is 10.2 Å². The summed E-state index contributed by atoms with van der Waals surface area (Å²) < 4.78 is 0. The van der Waals surface area contributed by atoms with Gasteiger partial charge in [0.15, 0.2) is 0 Å². The first-order chi connectivity index (χ1) is 9.15. The van der Waals surface area contributed by atoms with E-state index in [1.807, 2.05) is 12.1 Å². The fourth-order valence-corrected chi connectivity index (χ4v) is 2.22. The molecule has 1 aromatic rings. The lowest BCUT2D eigenvalue weighted by atomic mass is 10.1. The Kier molecular flexibility index (Phi) is 4.52. The average molecular weight is 262 g/mol. The van der Waals surface area contributed by atoms with Gasteiger partial charge in [-0.3, -0.25) is 14.5 Å². The molecular formula is C14H18N2O3. The Morgan fingerprint density at radius 2 is 1.79 bits per heavy atom. The van der Waals surface area contributed by atoms with Crippen molar-refractivity contribution >= 4 is 11.9 Å². The summed E-state index contributed by atoms with van der Waals surface area (Å²) in [6.45, 7) is 2.84. The second-order valence-corrected chi connectivity index (χ2v) is 4.76. The molecule has 5 heteroatoms. The highest BCUT2D eigenvalue weighted by Crippen LogP contribution is 2.13. The third-order valence-corrected chi connectivity index (χ3v) is 3.22. The molecule has 1 aliphatic heterocycles. The number of hydrogen-bond donors (Lipinski definition) is 2. The lowest BCUT2D eigenvalue weighted by molar-refractivity contribution is -0.135. The summed E-state index contributed by atoms with van der Waals surface area (Å²) >= 11 is 0. The predicted octanol–water partition coefficient (Wildman–Crippen LogP) is 1.10. The highest BCUT2D eigenvalue weighted by molar-refractivity contribution is 5.95. The van der Waals surface area contributed by atoms with Crippen LogP contribution in [0.3, 0.4) is 0 Å². The van der Waals surface area contributed by atoms with E-state index in [0.717, 1.165) is 19.6 Å². The number of likely N-dealkylation sites (tertiary alicyclic amines) is 1. The van der Waals surface area contributed by atoms with Gasteiger partial charge >= 0.3 is 5.97 Å². The van der Waals surface area contributed by atoms with Gasteiger partial charge in [-0.1, -0.05) is 12.1 Å². The zero-order valence-electron chi connectivity index (χ0n) is 10.8. The van der Waals surface area contributed by atoms with E-state index < -0.39 is 5.97 Å².